The minimum Gasteiger partial charge on any atom is -0.423 e. The molecule has 0 amide bonds. The Morgan fingerprint density at radius 1 is 1.25 bits per heavy atom. The second-order valence-electron chi connectivity index (χ2n) is 7.76. The van der Waals surface area contributed by atoms with Gasteiger partial charge in [0.05, 0.1) is 11.2 Å². The number of halogens is 1. The van der Waals surface area contributed by atoms with Gasteiger partial charge in [0.25, 0.3) is 0 Å². The second-order valence-corrected chi connectivity index (χ2v) is 7.76. The zero-order chi connectivity index (χ0) is 18.0. The molecule has 0 aliphatic heterocycles. The van der Waals surface area contributed by atoms with E-state index in [1.54, 1.807) is 39.8 Å². The normalized spacial score (nSPS) is 16.6. The maximum Gasteiger partial charge on any atom is 0.494 e. The van der Waals surface area contributed by atoms with Crippen molar-refractivity contribution in [3.05, 3.63) is 29.6 Å². The average molecular weight is 337 g/mol. The third-order valence-electron chi connectivity index (χ3n) is 5.16. The minimum atomic E-state index is -1.43. The molecule has 6 heteroatoms. The van der Waals surface area contributed by atoms with Gasteiger partial charge in [-0.25, -0.2) is 4.39 Å². The predicted octanol–water partition coefficient (Wildman–Crippen LogP) is 2.11. The molecule has 0 heterocycles. The lowest BCUT2D eigenvalue weighted by Gasteiger charge is -2.38. The molecular formula is C18H29BFNO3. The highest BCUT2D eigenvalue weighted by Crippen LogP contribution is 2.25. The molecule has 24 heavy (non-hydrogen) atoms. The van der Waals surface area contributed by atoms with E-state index in [4.69, 9.17) is 4.65 Å². The molecule has 134 valence electrons. The quantitative estimate of drug-likeness (QED) is 0.667. The first-order valence-electron chi connectivity index (χ1n) is 8.70. The van der Waals surface area contributed by atoms with Crippen molar-refractivity contribution in [3.63, 3.8) is 0 Å². The zero-order valence-electron chi connectivity index (χ0n) is 15.1. The molecule has 0 aromatic heterocycles. The molecule has 2 rings (SSSR count). The Morgan fingerprint density at radius 3 is 2.42 bits per heavy atom. The molecule has 1 aromatic rings. The lowest BCUT2D eigenvalue weighted by molar-refractivity contribution is -0.0983. The van der Waals surface area contributed by atoms with Crippen molar-refractivity contribution in [2.24, 2.45) is 0 Å². The Morgan fingerprint density at radius 2 is 1.88 bits per heavy atom. The van der Waals surface area contributed by atoms with Crippen LogP contribution in [0.2, 0.25) is 0 Å². The molecule has 1 fully saturated rings. The van der Waals surface area contributed by atoms with Crippen molar-refractivity contribution < 1.29 is 19.2 Å². The van der Waals surface area contributed by atoms with Gasteiger partial charge < -0.3 is 20.1 Å². The van der Waals surface area contributed by atoms with Crippen LogP contribution in [0.5, 0.6) is 0 Å². The molecule has 0 spiro atoms. The Hall–Kier alpha value is -0.945. The first-order chi connectivity index (χ1) is 11.1. The van der Waals surface area contributed by atoms with Crippen molar-refractivity contribution >= 4 is 12.6 Å². The first kappa shape index (κ1) is 19.4. The van der Waals surface area contributed by atoms with Crippen molar-refractivity contribution in [2.75, 3.05) is 0 Å². The largest absolute Gasteiger partial charge is 0.494 e. The molecule has 4 nitrogen and oxygen atoms in total. The minimum absolute atomic E-state index is 0.0805. The van der Waals surface area contributed by atoms with E-state index in [1.807, 2.05) is 0 Å². The van der Waals surface area contributed by atoms with Crippen LogP contribution in [0.3, 0.4) is 0 Å². The summed E-state index contributed by atoms with van der Waals surface area (Å²) in [6, 6.07) is 5.30. The molecule has 1 aliphatic carbocycles. The van der Waals surface area contributed by atoms with Gasteiger partial charge in [-0.1, -0.05) is 25.0 Å². The number of benzene rings is 1. The fraction of sp³-hybridized carbons (Fsp3) is 0.667. The molecule has 0 bridgehead atoms. The Labute approximate surface area is 144 Å². The van der Waals surface area contributed by atoms with E-state index in [1.165, 1.54) is 31.7 Å². The number of aliphatic hydroxyl groups is 1. The van der Waals surface area contributed by atoms with E-state index in [-0.39, 0.29) is 5.46 Å². The van der Waals surface area contributed by atoms with Crippen molar-refractivity contribution in [3.8, 4) is 0 Å². The number of hydrogen-bond donors (Lipinski definition) is 3. The molecule has 0 atom stereocenters. The van der Waals surface area contributed by atoms with Gasteiger partial charge in [-0.3, -0.25) is 0 Å². The van der Waals surface area contributed by atoms with Crippen LogP contribution in [0.15, 0.2) is 18.2 Å². The fourth-order valence-corrected chi connectivity index (χ4v) is 2.76. The summed E-state index contributed by atoms with van der Waals surface area (Å²) in [6.07, 6.45) is 4.87. The smallest absolute Gasteiger partial charge is 0.423 e. The van der Waals surface area contributed by atoms with E-state index >= 15 is 0 Å². The van der Waals surface area contributed by atoms with Crippen LogP contribution in [0.4, 0.5) is 4.39 Å². The van der Waals surface area contributed by atoms with Gasteiger partial charge in [0.15, 0.2) is 0 Å². The number of hydrogen-bond acceptors (Lipinski definition) is 4. The van der Waals surface area contributed by atoms with Gasteiger partial charge in [-0.15, -0.1) is 0 Å². The number of rotatable bonds is 7. The molecule has 0 saturated heterocycles. The molecule has 3 N–H and O–H groups in total. The van der Waals surface area contributed by atoms with Gasteiger partial charge in [-0.05, 0) is 52.2 Å². The third-order valence-corrected chi connectivity index (χ3v) is 5.16. The van der Waals surface area contributed by atoms with Crippen LogP contribution >= 0.6 is 0 Å². The highest BCUT2D eigenvalue weighted by atomic mass is 19.1. The van der Waals surface area contributed by atoms with Crippen LogP contribution in [0, 0.1) is 5.82 Å². The van der Waals surface area contributed by atoms with Crippen LogP contribution in [0.1, 0.15) is 58.9 Å². The lowest BCUT2D eigenvalue weighted by atomic mass is 9.76. The number of nitrogens with one attached hydrogen (secondary N) is 1. The van der Waals surface area contributed by atoms with Crippen molar-refractivity contribution in [1.82, 2.24) is 5.32 Å². The van der Waals surface area contributed by atoms with Gasteiger partial charge in [0, 0.05) is 18.0 Å². The summed E-state index contributed by atoms with van der Waals surface area (Å²) in [5.74, 6) is -0.500. The van der Waals surface area contributed by atoms with E-state index in [9.17, 15) is 14.5 Å². The monoisotopic (exact) mass is 337 g/mol. The third kappa shape index (κ3) is 4.79. The molecular weight excluding hydrogens is 308 g/mol. The average Bonchev–Trinajstić information content (AvgIpc) is 2.96. The Kier molecular flexibility index (Phi) is 6.07. The second kappa shape index (κ2) is 7.52. The SMILES string of the molecule is CC(C)(O)C(C)(C)OB(O)c1ccc(CNC2CCCC2)cc1F. The van der Waals surface area contributed by atoms with Crippen LogP contribution in [-0.4, -0.2) is 34.5 Å². The molecule has 1 aromatic carbocycles. The van der Waals surface area contributed by atoms with Gasteiger partial charge >= 0.3 is 7.12 Å². The van der Waals surface area contributed by atoms with E-state index in [0.29, 0.717) is 12.6 Å². The van der Waals surface area contributed by atoms with Gasteiger partial charge in [-0.2, -0.15) is 0 Å². The highest BCUT2D eigenvalue weighted by Gasteiger charge is 2.40. The van der Waals surface area contributed by atoms with Crippen LogP contribution < -0.4 is 10.8 Å². The summed E-state index contributed by atoms with van der Waals surface area (Å²) in [5, 5.41) is 23.7. The van der Waals surface area contributed by atoms with Crippen molar-refractivity contribution in [2.45, 2.75) is 77.2 Å². The molecule has 1 aliphatic rings. The molecule has 1 saturated carbocycles. The maximum absolute atomic E-state index is 14.3. The standard InChI is InChI=1S/C18H29BFNO3/c1-17(2,22)18(3,4)24-19(23)15-10-9-13(11-16(15)20)12-21-14-7-5-6-8-14/h9-11,14,21-23H,5-8,12H2,1-4H3. The van der Waals surface area contributed by atoms with Gasteiger partial charge in [0.2, 0.25) is 0 Å². The van der Waals surface area contributed by atoms with Crippen LogP contribution in [-0.2, 0) is 11.2 Å². The van der Waals surface area contributed by atoms with E-state index in [2.05, 4.69) is 5.32 Å². The van der Waals surface area contributed by atoms with Crippen molar-refractivity contribution in [1.29, 1.82) is 0 Å². The van der Waals surface area contributed by atoms with E-state index in [0.717, 1.165) is 5.56 Å². The van der Waals surface area contributed by atoms with E-state index < -0.39 is 24.1 Å². The topological polar surface area (TPSA) is 61.7 Å². The van der Waals surface area contributed by atoms with Crippen LogP contribution in [0.25, 0.3) is 0 Å². The Bertz CT molecular complexity index is 554. The highest BCUT2D eigenvalue weighted by molar-refractivity contribution is 6.60. The summed E-state index contributed by atoms with van der Waals surface area (Å²) in [6.45, 7) is 7.12. The predicted molar refractivity (Wildman–Crippen MR) is 94.6 cm³/mol. The summed E-state index contributed by atoms with van der Waals surface area (Å²) in [4.78, 5) is 0. The Balaban J connectivity index is 2.00. The summed E-state index contributed by atoms with van der Waals surface area (Å²) >= 11 is 0. The summed E-state index contributed by atoms with van der Waals surface area (Å²) in [5.41, 5.74) is -1.27. The fourth-order valence-electron chi connectivity index (χ4n) is 2.76. The summed E-state index contributed by atoms with van der Waals surface area (Å²) < 4.78 is 19.8. The molecule has 0 radical (unpaired) electrons. The zero-order valence-corrected chi connectivity index (χ0v) is 15.1. The first-order valence-corrected chi connectivity index (χ1v) is 8.70. The summed E-state index contributed by atoms with van der Waals surface area (Å²) in [7, 11) is -1.43. The lowest BCUT2D eigenvalue weighted by Crippen LogP contribution is -2.53. The van der Waals surface area contributed by atoms with Gasteiger partial charge in [0.1, 0.15) is 5.82 Å². The molecule has 0 unspecified atom stereocenters. The maximum atomic E-state index is 14.3.